The fourth-order valence-corrected chi connectivity index (χ4v) is 2.44. The third kappa shape index (κ3) is 4.36. The number of aryl methyl sites for hydroxylation is 1. The molecule has 1 aromatic carbocycles. The Morgan fingerprint density at radius 3 is 2.62 bits per heavy atom. The Morgan fingerprint density at radius 1 is 1.29 bits per heavy atom. The Labute approximate surface area is 132 Å². The first-order valence-corrected chi connectivity index (χ1v) is 7.67. The van der Waals surface area contributed by atoms with Crippen LogP contribution in [-0.2, 0) is 17.6 Å². The molecule has 0 saturated heterocycles. The normalized spacial score (nSPS) is 12.1. The highest BCUT2D eigenvalue weighted by atomic mass is 79.9. The van der Waals surface area contributed by atoms with Gasteiger partial charge < -0.3 is 5.11 Å². The predicted molar refractivity (Wildman–Crippen MR) is 84.2 cm³/mol. The van der Waals surface area contributed by atoms with Gasteiger partial charge in [-0.05, 0) is 36.6 Å². The van der Waals surface area contributed by atoms with Crippen molar-refractivity contribution in [3.05, 3.63) is 58.1 Å². The summed E-state index contributed by atoms with van der Waals surface area (Å²) in [6, 6.07) is 9.48. The van der Waals surface area contributed by atoms with Crippen LogP contribution in [0.1, 0.15) is 36.2 Å². The average molecular weight is 349 g/mol. The number of aliphatic carboxylic acids is 1. The SMILES string of the molecule is CCCc1cc(C(Cc2ccc(Br)cc2)C(=O)O)ncn1. The van der Waals surface area contributed by atoms with E-state index >= 15 is 0 Å². The van der Waals surface area contributed by atoms with Gasteiger partial charge in [0.2, 0.25) is 0 Å². The minimum atomic E-state index is -0.862. The van der Waals surface area contributed by atoms with Gasteiger partial charge in [0.25, 0.3) is 0 Å². The summed E-state index contributed by atoms with van der Waals surface area (Å²) in [6.45, 7) is 2.07. The summed E-state index contributed by atoms with van der Waals surface area (Å²) in [7, 11) is 0. The summed E-state index contributed by atoms with van der Waals surface area (Å²) >= 11 is 3.38. The lowest BCUT2D eigenvalue weighted by atomic mass is 9.95. The van der Waals surface area contributed by atoms with Gasteiger partial charge in [-0.2, -0.15) is 0 Å². The zero-order valence-corrected chi connectivity index (χ0v) is 13.4. The molecule has 1 atom stereocenters. The third-order valence-electron chi connectivity index (χ3n) is 3.26. The maximum absolute atomic E-state index is 11.6. The quantitative estimate of drug-likeness (QED) is 0.866. The number of carboxylic acids is 1. The molecule has 110 valence electrons. The van der Waals surface area contributed by atoms with E-state index in [4.69, 9.17) is 0 Å². The van der Waals surface area contributed by atoms with Gasteiger partial charge in [-0.15, -0.1) is 0 Å². The van der Waals surface area contributed by atoms with Crippen molar-refractivity contribution in [3.63, 3.8) is 0 Å². The monoisotopic (exact) mass is 348 g/mol. The maximum Gasteiger partial charge on any atom is 0.312 e. The maximum atomic E-state index is 11.6. The van der Waals surface area contributed by atoms with Gasteiger partial charge in [0.05, 0.1) is 5.69 Å². The van der Waals surface area contributed by atoms with E-state index in [1.54, 1.807) is 6.07 Å². The number of hydrogen-bond acceptors (Lipinski definition) is 3. The zero-order valence-electron chi connectivity index (χ0n) is 11.8. The number of aromatic nitrogens is 2. The molecule has 0 spiro atoms. The summed E-state index contributed by atoms with van der Waals surface area (Å²) in [5.74, 6) is -1.51. The Bertz CT molecular complexity index is 614. The molecule has 0 amide bonds. The number of nitrogens with zero attached hydrogens (tertiary/aromatic N) is 2. The Balaban J connectivity index is 2.24. The van der Waals surface area contributed by atoms with Crippen molar-refractivity contribution in [1.82, 2.24) is 9.97 Å². The van der Waals surface area contributed by atoms with Gasteiger partial charge >= 0.3 is 5.97 Å². The molecular formula is C16H17BrN2O2. The molecule has 4 nitrogen and oxygen atoms in total. The van der Waals surface area contributed by atoms with Crippen LogP contribution in [0.3, 0.4) is 0 Å². The lowest BCUT2D eigenvalue weighted by Gasteiger charge is -2.12. The molecule has 5 heteroatoms. The lowest BCUT2D eigenvalue weighted by molar-refractivity contribution is -0.138. The van der Waals surface area contributed by atoms with Crippen molar-refractivity contribution in [3.8, 4) is 0 Å². The van der Waals surface area contributed by atoms with E-state index in [0.29, 0.717) is 12.1 Å². The molecule has 1 N–H and O–H groups in total. The van der Waals surface area contributed by atoms with Crippen LogP contribution in [0.2, 0.25) is 0 Å². The van der Waals surface area contributed by atoms with E-state index in [9.17, 15) is 9.90 Å². The Hall–Kier alpha value is -1.75. The molecule has 1 aromatic heterocycles. The first-order chi connectivity index (χ1) is 10.1. The van der Waals surface area contributed by atoms with Crippen molar-refractivity contribution in [1.29, 1.82) is 0 Å². The molecule has 0 bridgehead atoms. The first-order valence-electron chi connectivity index (χ1n) is 6.88. The molecule has 0 fully saturated rings. The number of carbonyl (C=O) groups is 1. The van der Waals surface area contributed by atoms with E-state index in [0.717, 1.165) is 28.6 Å². The predicted octanol–water partition coefficient (Wildman–Crippen LogP) is 3.60. The molecule has 2 rings (SSSR count). The van der Waals surface area contributed by atoms with E-state index in [-0.39, 0.29) is 0 Å². The smallest absolute Gasteiger partial charge is 0.312 e. The number of hydrogen-bond donors (Lipinski definition) is 1. The van der Waals surface area contributed by atoms with Crippen molar-refractivity contribution >= 4 is 21.9 Å². The lowest BCUT2D eigenvalue weighted by Crippen LogP contribution is -2.16. The average Bonchev–Trinajstić information content (AvgIpc) is 2.47. The molecule has 21 heavy (non-hydrogen) atoms. The van der Waals surface area contributed by atoms with Gasteiger partial charge in [0.1, 0.15) is 12.2 Å². The largest absolute Gasteiger partial charge is 0.481 e. The molecule has 0 aliphatic rings. The fraction of sp³-hybridized carbons (Fsp3) is 0.312. The topological polar surface area (TPSA) is 63.1 Å². The molecule has 0 aliphatic heterocycles. The van der Waals surface area contributed by atoms with Crippen molar-refractivity contribution in [2.45, 2.75) is 32.1 Å². The molecule has 0 aliphatic carbocycles. The minimum Gasteiger partial charge on any atom is -0.481 e. The van der Waals surface area contributed by atoms with E-state index < -0.39 is 11.9 Å². The van der Waals surface area contributed by atoms with Crippen LogP contribution in [0.4, 0.5) is 0 Å². The fourth-order valence-electron chi connectivity index (χ4n) is 2.17. The number of carboxylic acid groups (broad SMARTS) is 1. The summed E-state index contributed by atoms with van der Waals surface area (Å²) in [6.07, 6.45) is 3.68. The highest BCUT2D eigenvalue weighted by Crippen LogP contribution is 2.21. The molecule has 1 unspecified atom stereocenters. The van der Waals surface area contributed by atoms with Crippen molar-refractivity contribution in [2.24, 2.45) is 0 Å². The third-order valence-corrected chi connectivity index (χ3v) is 3.79. The van der Waals surface area contributed by atoms with Gasteiger partial charge in [-0.1, -0.05) is 41.4 Å². The summed E-state index contributed by atoms with van der Waals surface area (Å²) in [4.78, 5) is 19.9. The Kier molecular flexibility index (Phi) is 5.44. The number of rotatable bonds is 6. The van der Waals surface area contributed by atoms with Gasteiger partial charge in [0.15, 0.2) is 0 Å². The van der Waals surface area contributed by atoms with Gasteiger partial charge in [-0.3, -0.25) is 4.79 Å². The van der Waals surface area contributed by atoms with Crippen molar-refractivity contribution < 1.29 is 9.90 Å². The molecule has 0 saturated carbocycles. The van der Waals surface area contributed by atoms with Crippen LogP contribution in [0.25, 0.3) is 0 Å². The second-order valence-corrected chi connectivity index (χ2v) is 5.82. The second kappa shape index (κ2) is 7.31. The second-order valence-electron chi connectivity index (χ2n) is 4.91. The Morgan fingerprint density at radius 2 is 2.00 bits per heavy atom. The highest BCUT2D eigenvalue weighted by Gasteiger charge is 2.22. The van der Waals surface area contributed by atoms with Crippen LogP contribution in [0.15, 0.2) is 41.1 Å². The minimum absolute atomic E-state index is 0.422. The van der Waals surface area contributed by atoms with Crippen molar-refractivity contribution in [2.75, 3.05) is 0 Å². The van der Waals surface area contributed by atoms with Crippen LogP contribution in [0.5, 0.6) is 0 Å². The molecule has 2 aromatic rings. The molecule has 1 heterocycles. The highest BCUT2D eigenvalue weighted by molar-refractivity contribution is 9.10. The van der Waals surface area contributed by atoms with E-state index in [1.807, 2.05) is 24.3 Å². The molecule has 0 radical (unpaired) electrons. The zero-order chi connectivity index (χ0) is 15.2. The van der Waals surface area contributed by atoms with E-state index in [2.05, 4.69) is 32.8 Å². The number of benzene rings is 1. The standard InChI is InChI=1S/C16H17BrN2O2/c1-2-3-13-9-15(19-10-18-13)14(16(20)21)8-11-4-6-12(17)7-5-11/h4-7,9-10,14H,2-3,8H2,1H3,(H,20,21). The van der Waals surface area contributed by atoms with Gasteiger partial charge in [-0.25, -0.2) is 9.97 Å². The summed E-state index contributed by atoms with van der Waals surface area (Å²) in [5.41, 5.74) is 2.44. The molecular weight excluding hydrogens is 332 g/mol. The van der Waals surface area contributed by atoms with Crippen LogP contribution >= 0.6 is 15.9 Å². The summed E-state index contributed by atoms with van der Waals surface area (Å²) in [5, 5.41) is 9.49. The van der Waals surface area contributed by atoms with E-state index in [1.165, 1.54) is 6.33 Å². The van der Waals surface area contributed by atoms with Gasteiger partial charge in [0, 0.05) is 10.2 Å². The number of halogens is 1. The van der Waals surface area contributed by atoms with Crippen LogP contribution in [0, 0.1) is 0 Å². The summed E-state index contributed by atoms with van der Waals surface area (Å²) < 4.78 is 0.977. The first kappa shape index (κ1) is 15.6. The van der Waals surface area contributed by atoms with Crippen LogP contribution < -0.4 is 0 Å². The van der Waals surface area contributed by atoms with Crippen LogP contribution in [-0.4, -0.2) is 21.0 Å².